The first-order valence-corrected chi connectivity index (χ1v) is 9.44. The third-order valence-electron chi connectivity index (χ3n) is 5.83. The summed E-state index contributed by atoms with van der Waals surface area (Å²) in [5, 5.41) is 0.226. The number of fused-ring (bicyclic) bond motifs is 1. The highest BCUT2D eigenvalue weighted by atomic mass is 35.5. The van der Waals surface area contributed by atoms with Crippen molar-refractivity contribution < 1.29 is 0 Å². The van der Waals surface area contributed by atoms with E-state index in [1.807, 2.05) is 0 Å². The van der Waals surface area contributed by atoms with Crippen molar-refractivity contribution in [1.82, 2.24) is 0 Å². The fourth-order valence-electron chi connectivity index (χ4n) is 4.60. The van der Waals surface area contributed by atoms with Gasteiger partial charge in [-0.25, -0.2) is 0 Å². The van der Waals surface area contributed by atoms with Gasteiger partial charge >= 0.3 is 0 Å². The Hall–Kier alpha value is -0.490. The van der Waals surface area contributed by atoms with Crippen LogP contribution in [0.5, 0.6) is 0 Å². The van der Waals surface area contributed by atoms with Crippen LogP contribution in [0.15, 0.2) is 24.3 Å². The minimum Gasteiger partial charge on any atom is -0.118 e. The first-order valence-electron chi connectivity index (χ1n) is 9.01. The molecule has 0 heterocycles. The fourth-order valence-corrected chi connectivity index (χ4v) is 4.98. The van der Waals surface area contributed by atoms with E-state index in [0.29, 0.717) is 5.92 Å². The van der Waals surface area contributed by atoms with E-state index in [-0.39, 0.29) is 5.38 Å². The maximum Gasteiger partial charge on any atom is 0.0613 e. The number of halogens is 1. The Morgan fingerprint density at radius 1 is 1.00 bits per heavy atom. The highest BCUT2D eigenvalue weighted by Crippen LogP contribution is 2.47. The lowest BCUT2D eigenvalue weighted by Gasteiger charge is -2.40. The van der Waals surface area contributed by atoms with Crippen molar-refractivity contribution in [3.8, 4) is 0 Å². The standard InChI is InChI=1S/C20H29Cl/c1-2-5-15-8-10-17(11-9-15)20(21)19-13-12-16-6-3-4-7-18(16)14-19/h8-11,16,18-20H,2-7,12-14H2,1H3. The van der Waals surface area contributed by atoms with E-state index in [2.05, 4.69) is 31.2 Å². The molecule has 2 aliphatic rings. The van der Waals surface area contributed by atoms with Gasteiger partial charge in [0, 0.05) is 0 Å². The molecule has 0 saturated heterocycles. The third-order valence-corrected chi connectivity index (χ3v) is 6.44. The zero-order valence-corrected chi connectivity index (χ0v) is 14.1. The maximum absolute atomic E-state index is 6.85. The van der Waals surface area contributed by atoms with Crippen LogP contribution < -0.4 is 0 Å². The van der Waals surface area contributed by atoms with Crippen LogP contribution in [-0.4, -0.2) is 0 Å². The molecule has 1 aromatic rings. The van der Waals surface area contributed by atoms with Gasteiger partial charge in [0.25, 0.3) is 0 Å². The van der Waals surface area contributed by atoms with Crippen molar-refractivity contribution in [2.24, 2.45) is 17.8 Å². The van der Waals surface area contributed by atoms with E-state index in [9.17, 15) is 0 Å². The zero-order valence-electron chi connectivity index (χ0n) is 13.4. The maximum atomic E-state index is 6.85. The Morgan fingerprint density at radius 2 is 1.71 bits per heavy atom. The quantitative estimate of drug-likeness (QED) is 0.555. The lowest BCUT2D eigenvalue weighted by Crippen LogP contribution is -2.29. The molecule has 0 aromatic heterocycles. The molecular formula is C20H29Cl. The molecule has 0 nitrogen and oxygen atoms in total. The molecule has 0 bridgehead atoms. The molecule has 1 heteroatoms. The number of aryl methyl sites for hydroxylation is 1. The van der Waals surface area contributed by atoms with E-state index in [1.165, 1.54) is 68.9 Å². The molecule has 0 aliphatic heterocycles. The lowest BCUT2D eigenvalue weighted by molar-refractivity contribution is 0.127. The first kappa shape index (κ1) is 15.4. The van der Waals surface area contributed by atoms with Crippen LogP contribution in [-0.2, 0) is 6.42 Å². The Morgan fingerprint density at radius 3 is 2.43 bits per heavy atom. The van der Waals surface area contributed by atoms with Crippen molar-refractivity contribution in [2.75, 3.05) is 0 Å². The van der Waals surface area contributed by atoms with Crippen molar-refractivity contribution in [2.45, 2.75) is 70.1 Å². The van der Waals surface area contributed by atoms with Gasteiger partial charge in [0.15, 0.2) is 0 Å². The number of hydrogen-bond donors (Lipinski definition) is 0. The minimum absolute atomic E-state index is 0.226. The number of benzene rings is 1. The van der Waals surface area contributed by atoms with Gasteiger partial charge in [-0.15, -0.1) is 11.6 Å². The van der Waals surface area contributed by atoms with Gasteiger partial charge in [-0.2, -0.15) is 0 Å². The average Bonchev–Trinajstić information content (AvgIpc) is 2.55. The second-order valence-electron chi connectivity index (χ2n) is 7.27. The first-order chi connectivity index (χ1) is 10.3. The van der Waals surface area contributed by atoms with Crippen LogP contribution >= 0.6 is 11.6 Å². The van der Waals surface area contributed by atoms with Gasteiger partial charge in [-0.05, 0) is 54.6 Å². The average molecular weight is 305 g/mol. The molecule has 0 spiro atoms. The second kappa shape index (κ2) is 7.18. The van der Waals surface area contributed by atoms with E-state index in [4.69, 9.17) is 11.6 Å². The highest BCUT2D eigenvalue weighted by Gasteiger charge is 2.35. The third kappa shape index (κ3) is 3.65. The van der Waals surface area contributed by atoms with Crippen molar-refractivity contribution in [3.05, 3.63) is 35.4 Å². The number of hydrogen-bond acceptors (Lipinski definition) is 0. The Balaban J connectivity index is 1.63. The molecule has 21 heavy (non-hydrogen) atoms. The second-order valence-corrected chi connectivity index (χ2v) is 7.74. The summed E-state index contributed by atoms with van der Waals surface area (Å²) < 4.78 is 0. The minimum atomic E-state index is 0.226. The summed E-state index contributed by atoms with van der Waals surface area (Å²) in [6.45, 7) is 2.24. The smallest absolute Gasteiger partial charge is 0.0613 e. The Kier molecular flexibility index (Phi) is 5.27. The van der Waals surface area contributed by atoms with Gasteiger partial charge in [0.2, 0.25) is 0 Å². The summed E-state index contributed by atoms with van der Waals surface area (Å²) in [5.41, 5.74) is 2.79. The molecule has 3 rings (SSSR count). The van der Waals surface area contributed by atoms with Crippen molar-refractivity contribution in [3.63, 3.8) is 0 Å². The number of alkyl halides is 1. The summed E-state index contributed by atoms with van der Waals surface area (Å²) in [6, 6.07) is 9.10. The lowest BCUT2D eigenvalue weighted by atomic mass is 9.66. The largest absolute Gasteiger partial charge is 0.118 e. The Bertz CT molecular complexity index is 436. The topological polar surface area (TPSA) is 0 Å². The van der Waals surface area contributed by atoms with Crippen molar-refractivity contribution >= 4 is 11.6 Å². The summed E-state index contributed by atoms with van der Waals surface area (Å²) >= 11 is 6.85. The molecule has 0 N–H and O–H groups in total. The molecule has 0 radical (unpaired) electrons. The monoisotopic (exact) mass is 304 g/mol. The summed E-state index contributed by atoms with van der Waals surface area (Å²) in [4.78, 5) is 0. The summed E-state index contributed by atoms with van der Waals surface area (Å²) in [5.74, 6) is 2.69. The normalized spacial score (nSPS) is 30.7. The molecular weight excluding hydrogens is 276 g/mol. The van der Waals surface area contributed by atoms with E-state index in [1.54, 1.807) is 0 Å². The van der Waals surface area contributed by atoms with Crippen LogP contribution in [0.3, 0.4) is 0 Å². The van der Waals surface area contributed by atoms with Crippen LogP contribution in [0, 0.1) is 17.8 Å². The zero-order chi connectivity index (χ0) is 14.7. The van der Waals surface area contributed by atoms with Gasteiger partial charge in [0.05, 0.1) is 5.38 Å². The Labute approximate surface area is 135 Å². The predicted molar refractivity (Wildman–Crippen MR) is 91.8 cm³/mol. The predicted octanol–water partition coefficient (Wildman–Crippen LogP) is 6.53. The van der Waals surface area contributed by atoms with Crippen LogP contribution in [0.2, 0.25) is 0 Å². The SMILES string of the molecule is CCCc1ccc(C(Cl)C2CCC3CCCCC3C2)cc1. The fraction of sp³-hybridized carbons (Fsp3) is 0.700. The summed E-state index contributed by atoms with van der Waals surface area (Å²) in [6.07, 6.45) is 12.4. The van der Waals surface area contributed by atoms with Crippen LogP contribution in [0.4, 0.5) is 0 Å². The highest BCUT2D eigenvalue weighted by molar-refractivity contribution is 6.21. The molecule has 1 aromatic carbocycles. The van der Waals surface area contributed by atoms with Gasteiger partial charge in [0.1, 0.15) is 0 Å². The molecule has 116 valence electrons. The van der Waals surface area contributed by atoms with E-state index < -0.39 is 0 Å². The summed E-state index contributed by atoms with van der Waals surface area (Å²) in [7, 11) is 0. The van der Waals surface area contributed by atoms with E-state index in [0.717, 1.165) is 11.8 Å². The van der Waals surface area contributed by atoms with Gasteiger partial charge in [-0.1, -0.05) is 63.3 Å². The molecule has 4 unspecified atom stereocenters. The van der Waals surface area contributed by atoms with Crippen LogP contribution in [0.1, 0.15) is 74.8 Å². The molecule has 0 amide bonds. The van der Waals surface area contributed by atoms with Gasteiger partial charge < -0.3 is 0 Å². The van der Waals surface area contributed by atoms with Gasteiger partial charge in [-0.3, -0.25) is 0 Å². The molecule has 2 fully saturated rings. The van der Waals surface area contributed by atoms with Crippen molar-refractivity contribution in [1.29, 1.82) is 0 Å². The molecule has 2 aliphatic carbocycles. The molecule has 4 atom stereocenters. The molecule has 2 saturated carbocycles. The number of rotatable bonds is 4. The van der Waals surface area contributed by atoms with E-state index >= 15 is 0 Å². The van der Waals surface area contributed by atoms with Crippen LogP contribution in [0.25, 0.3) is 0 Å².